The molecule has 1 fully saturated rings. The Bertz CT molecular complexity index is 512. The molecule has 1 aromatic rings. The molecule has 0 saturated carbocycles. The van der Waals surface area contributed by atoms with E-state index >= 15 is 0 Å². The fraction of sp³-hybridized carbons (Fsp3) is 0.611. The Labute approximate surface area is 163 Å². The van der Waals surface area contributed by atoms with E-state index < -0.39 is 0 Å². The molecule has 1 amide bonds. The predicted octanol–water partition coefficient (Wildman–Crippen LogP) is 2.32. The van der Waals surface area contributed by atoms with Crippen molar-refractivity contribution >= 4 is 30.7 Å². The summed E-state index contributed by atoms with van der Waals surface area (Å²) in [6, 6.07) is 8.74. The van der Waals surface area contributed by atoms with Crippen molar-refractivity contribution in [3.63, 3.8) is 0 Å². The van der Waals surface area contributed by atoms with Gasteiger partial charge in [0.15, 0.2) is 0 Å². The Hall–Kier alpha value is -0.850. The minimum atomic E-state index is -0.353. The van der Waals surface area contributed by atoms with Crippen molar-refractivity contribution in [1.29, 1.82) is 0 Å². The first-order valence-corrected chi connectivity index (χ1v) is 8.43. The van der Waals surface area contributed by atoms with Crippen LogP contribution in [0.5, 0.6) is 0 Å². The van der Waals surface area contributed by atoms with Crippen molar-refractivity contribution < 1.29 is 9.53 Å². The van der Waals surface area contributed by atoms with Crippen LogP contribution in [0, 0.1) is 0 Å². The van der Waals surface area contributed by atoms with E-state index in [1.165, 1.54) is 11.1 Å². The zero-order valence-corrected chi connectivity index (χ0v) is 16.9. The third kappa shape index (κ3) is 6.76. The third-order valence-corrected chi connectivity index (χ3v) is 4.53. The summed E-state index contributed by atoms with van der Waals surface area (Å²) in [6.07, 6.45) is 2.33. The summed E-state index contributed by atoms with van der Waals surface area (Å²) in [4.78, 5) is 14.4. The number of nitrogens with two attached hydrogens (primary N) is 1. The van der Waals surface area contributed by atoms with Gasteiger partial charge in [-0.25, -0.2) is 0 Å². The zero-order chi connectivity index (χ0) is 16.8. The second-order valence-electron chi connectivity index (χ2n) is 6.38. The maximum atomic E-state index is 12.3. The number of likely N-dealkylation sites (N-methyl/N-ethyl adjacent to an activating group) is 1. The van der Waals surface area contributed by atoms with E-state index in [9.17, 15) is 4.79 Å². The topological polar surface area (TPSA) is 67.6 Å². The first-order chi connectivity index (χ1) is 11.0. The van der Waals surface area contributed by atoms with Gasteiger partial charge in [0.1, 0.15) is 6.10 Å². The lowest BCUT2D eigenvalue weighted by molar-refractivity contribution is -0.132. The summed E-state index contributed by atoms with van der Waals surface area (Å²) in [5.41, 5.74) is 8.12. The number of nitrogens with one attached hydrogen (secondary N) is 1. The number of rotatable bonds is 7. The van der Waals surface area contributed by atoms with Crippen molar-refractivity contribution in [2.75, 3.05) is 27.2 Å². The highest BCUT2D eigenvalue weighted by atomic mass is 35.5. The van der Waals surface area contributed by atoms with Crippen molar-refractivity contribution in [2.45, 2.75) is 44.4 Å². The summed E-state index contributed by atoms with van der Waals surface area (Å²) in [6.45, 7) is 3.20. The van der Waals surface area contributed by atoms with Crippen LogP contribution in [0.4, 0.5) is 0 Å². The van der Waals surface area contributed by atoms with Crippen LogP contribution in [-0.2, 0) is 16.0 Å². The molecule has 1 heterocycles. The lowest BCUT2D eigenvalue weighted by atomic mass is 10.0. The molecular weight excluding hydrogens is 361 g/mol. The number of ether oxygens (including phenoxy) is 1. The average molecular weight is 392 g/mol. The Morgan fingerprint density at radius 1 is 1.28 bits per heavy atom. The normalized spacial score (nSPS) is 20.5. The van der Waals surface area contributed by atoms with E-state index in [0.717, 1.165) is 19.3 Å². The lowest BCUT2D eigenvalue weighted by Gasteiger charge is -2.26. The van der Waals surface area contributed by atoms with E-state index in [2.05, 4.69) is 41.4 Å². The molecule has 0 bridgehead atoms. The molecule has 25 heavy (non-hydrogen) atoms. The second-order valence-corrected chi connectivity index (χ2v) is 6.38. The molecule has 5 nitrogen and oxygen atoms in total. The summed E-state index contributed by atoms with van der Waals surface area (Å²) in [5, 5.41) is 3.03. The molecule has 1 aromatic carbocycles. The monoisotopic (exact) mass is 391 g/mol. The molecule has 3 atom stereocenters. The number of benzene rings is 1. The quantitative estimate of drug-likeness (QED) is 0.748. The van der Waals surface area contributed by atoms with Gasteiger partial charge in [-0.05, 0) is 44.5 Å². The Morgan fingerprint density at radius 2 is 1.92 bits per heavy atom. The van der Waals surface area contributed by atoms with E-state index in [1.54, 1.807) is 0 Å². The lowest BCUT2D eigenvalue weighted by Crippen LogP contribution is -2.40. The van der Waals surface area contributed by atoms with E-state index in [1.807, 2.05) is 14.1 Å². The Morgan fingerprint density at radius 3 is 2.40 bits per heavy atom. The molecule has 0 aromatic heterocycles. The number of carbonyl (C=O) groups is 1. The molecule has 1 aliphatic rings. The van der Waals surface area contributed by atoms with Crippen LogP contribution < -0.4 is 11.1 Å². The first kappa shape index (κ1) is 24.1. The molecular formula is C18H31Cl2N3O2. The molecule has 3 N–H and O–H groups in total. The van der Waals surface area contributed by atoms with Crippen LogP contribution in [0.2, 0.25) is 0 Å². The van der Waals surface area contributed by atoms with Gasteiger partial charge in [-0.2, -0.15) is 0 Å². The van der Waals surface area contributed by atoms with Gasteiger partial charge >= 0.3 is 0 Å². The van der Waals surface area contributed by atoms with Gasteiger partial charge in [0.25, 0.3) is 0 Å². The van der Waals surface area contributed by atoms with Crippen molar-refractivity contribution in [1.82, 2.24) is 10.2 Å². The van der Waals surface area contributed by atoms with Crippen LogP contribution >= 0.6 is 24.8 Å². The minimum absolute atomic E-state index is 0. The van der Waals surface area contributed by atoms with Crippen LogP contribution in [-0.4, -0.2) is 50.2 Å². The number of hydrogen-bond donors (Lipinski definition) is 2. The van der Waals surface area contributed by atoms with Crippen LogP contribution in [0.1, 0.15) is 36.9 Å². The smallest absolute Gasteiger partial charge is 0.249 e. The summed E-state index contributed by atoms with van der Waals surface area (Å²) < 4.78 is 5.65. The van der Waals surface area contributed by atoms with Gasteiger partial charge in [-0.3, -0.25) is 4.79 Å². The molecule has 1 saturated heterocycles. The highest BCUT2D eigenvalue weighted by molar-refractivity contribution is 5.85. The second kappa shape index (κ2) is 11.7. The fourth-order valence-corrected chi connectivity index (χ4v) is 2.96. The van der Waals surface area contributed by atoms with Gasteiger partial charge in [0, 0.05) is 13.1 Å². The minimum Gasteiger partial charge on any atom is -0.364 e. The van der Waals surface area contributed by atoms with Gasteiger partial charge in [0.05, 0.1) is 12.1 Å². The van der Waals surface area contributed by atoms with Crippen molar-refractivity contribution in [3.05, 3.63) is 35.4 Å². The molecule has 0 radical (unpaired) electrons. The third-order valence-electron chi connectivity index (χ3n) is 4.53. The predicted molar refractivity (Wildman–Crippen MR) is 107 cm³/mol. The number of amides is 1. The van der Waals surface area contributed by atoms with Gasteiger partial charge < -0.3 is 20.7 Å². The first-order valence-electron chi connectivity index (χ1n) is 8.43. The molecule has 2 rings (SSSR count). The molecule has 1 aliphatic heterocycles. The maximum Gasteiger partial charge on any atom is 0.249 e. The highest BCUT2D eigenvalue weighted by Crippen LogP contribution is 2.21. The number of halogens is 2. The summed E-state index contributed by atoms with van der Waals surface area (Å²) in [5.74, 6) is -0.0296. The highest BCUT2D eigenvalue weighted by Gasteiger charge is 2.30. The van der Waals surface area contributed by atoms with Gasteiger partial charge in [-0.15, -0.1) is 24.8 Å². The molecule has 7 heteroatoms. The fourth-order valence-electron chi connectivity index (χ4n) is 2.96. The Kier molecular flexibility index (Phi) is 11.3. The van der Waals surface area contributed by atoms with Crippen molar-refractivity contribution in [3.8, 4) is 0 Å². The van der Waals surface area contributed by atoms with Crippen LogP contribution in [0.25, 0.3) is 0 Å². The SMILES string of the molecule is CCc1ccc(C(CNC(=O)[C@@H]2CC[C@H](CN)O2)N(C)C)cc1.Cl.Cl. The summed E-state index contributed by atoms with van der Waals surface area (Å²) in [7, 11) is 4.06. The zero-order valence-electron chi connectivity index (χ0n) is 15.2. The van der Waals surface area contributed by atoms with E-state index in [0.29, 0.717) is 13.1 Å². The molecule has 0 spiro atoms. The number of carbonyl (C=O) groups excluding carboxylic acids is 1. The van der Waals surface area contributed by atoms with E-state index in [-0.39, 0.29) is 49.0 Å². The van der Waals surface area contributed by atoms with E-state index in [4.69, 9.17) is 10.5 Å². The average Bonchev–Trinajstić information content (AvgIpc) is 3.04. The van der Waals surface area contributed by atoms with Gasteiger partial charge in [0.2, 0.25) is 5.91 Å². The van der Waals surface area contributed by atoms with Crippen LogP contribution in [0.3, 0.4) is 0 Å². The maximum absolute atomic E-state index is 12.3. The van der Waals surface area contributed by atoms with Gasteiger partial charge in [-0.1, -0.05) is 31.2 Å². The van der Waals surface area contributed by atoms with Crippen LogP contribution in [0.15, 0.2) is 24.3 Å². The molecule has 1 unspecified atom stereocenters. The Balaban J connectivity index is 0.00000288. The number of hydrogen-bond acceptors (Lipinski definition) is 4. The molecule has 0 aliphatic carbocycles. The number of nitrogens with zero attached hydrogens (tertiary/aromatic N) is 1. The largest absolute Gasteiger partial charge is 0.364 e. The van der Waals surface area contributed by atoms with Crippen molar-refractivity contribution in [2.24, 2.45) is 5.73 Å². The standard InChI is InChI=1S/C18H29N3O2.2ClH/c1-4-13-5-7-14(8-6-13)16(21(2)3)12-20-18(22)17-10-9-15(11-19)23-17;;/h5-8,15-17H,4,9-12,19H2,1-3H3,(H,20,22);2*1H/t15-,16?,17+;;/m1../s1. The summed E-state index contributed by atoms with van der Waals surface area (Å²) >= 11 is 0. The number of aryl methyl sites for hydroxylation is 1. The molecule has 144 valence electrons.